The maximum atomic E-state index is 12.5. The Morgan fingerprint density at radius 1 is 0.907 bits per heavy atom. The largest absolute Gasteiger partial charge is 0.462 e. The van der Waals surface area contributed by atoms with Crippen LogP contribution in [0, 0.1) is 52.3 Å². The van der Waals surface area contributed by atoms with Gasteiger partial charge in [-0.3, -0.25) is 9.59 Å². The molecule has 1 heterocycles. The highest BCUT2D eigenvalue weighted by atomic mass is 17.4. The van der Waals surface area contributed by atoms with Crippen molar-refractivity contribution >= 4 is 11.9 Å². The molecule has 1 aliphatic heterocycles. The predicted octanol–water partition coefficient (Wildman–Crippen LogP) is 7.25. The molecule has 244 valence electrons. The number of carbonyl (C=O) groups is 2. The van der Waals surface area contributed by atoms with Crippen LogP contribution in [0.15, 0.2) is 0 Å². The molecule has 9 atom stereocenters. The van der Waals surface area contributed by atoms with Gasteiger partial charge in [0.05, 0.1) is 0 Å². The average Bonchev–Trinajstić information content (AvgIpc) is 3.37. The smallest absolute Gasteiger partial charge is 0.302 e. The molecule has 0 bridgehead atoms. The molecule has 0 aromatic carbocycles. The maximum absolute atomic E-state index is 12.5. The zero-order valence-corrected chi connectivity index (χ0v) is 27.6. The van der Waals surface area contributed by atoms with Crippen LogP contribution in [-0.4, -0.2) is 36.6 Å². The number of hydrogen-bond acceptors (Lipinski definition) is 7. The normalized spacial score (nSPS) is 48.2. The van der Waals surface area contributed by atoms with Gasteiger partial charge in [-0.05, 0) is 105 Å². The van der Waals surface area contributed by atoms with E-state index in [9.17, 15) is 9.59 Å². The third-order valence-electron chi connectivity index (χ3n) is 14.0. The van der Waals surface area contributed by atoms with Gasteiger partial charge >= 0.3 is 5.97 Å². The molecule has 0 aromatic rings. The molecule has 5 saturated carbocycles. The van der Waals surface area contributed by atoms with Crippen molar-refractivity contribution in [3.63, 3.8) is 0 Å². The number of nitrogens with one attached hydrogen (secondary N) is 1. The fraction of sp³-hybridized carbons (Fsp3) is 0.943. The predicted molar refractivity (Wildman–Crippen MR) is 161 cm³/mol. The van der Waals surface area contributed by atoms with Gasteiger partial charge in [0.1, 0.15) is 6.10 Å². The highest BCUT2D eigenvalue weighted by Crippen LogP contribution is 2.70. The number of carbonyl (C=O) groups excluding carboxylic acids is 2. The van der Waals surface area contributed by atoms with E-state index in [1.54, 1.807) is 14.0 Å². The summed E-state index contributed by atoms with van der Waals surface area (Å²) in [5.41, 5.74) is 0.0637. The van der Waals surface area contributed by atoms with Crippen LogP contribution < -0.4 is 5.32 Å². The summed E-state index contributed by atoms with van der Waals surface area (Å²) in [6.45, 7) is 11.0. The van der Waals surface area contributed by atoms with E-state index in [-0.39, 0.29) is 28.8 Å². The Labute approximate surface area is 258 Å². The lowest BCUT2D eigenvalue weighted by Gasteiger charge is -2.63. The zero-order valence-electron chi connectivity index (χ0n) is 27.6. The third kappa shape index (κ3) is 5.48. The molecule has 43 heavy (non-hydrogen) atoms. The van der Waals surface area contributed by atoms with E-state index in [1.807, 2.05) is 0 Å². The second kappa shape index (κ2) is 11.9. The van der Waals surface area contributed by atoms with Gasteiger partial charge in [-0.15, -0.1) is 0 Å². The van der Waals surface area contributed by atoms with E-state index >= 15 is 0 Å². The van der Waals surface area contributed by atoms with Crippen LogP contribution in [0.4, 0.5) is 0 Å². The Bertz CT molecular complexity index is 1030. The highest BCUT2D eigenvalue weighted by molar-refractivity contribution is 5.75. The van der Waals surface area contributed by atoms with Crippen molar-refractivity contribution in [2.75, 3.05) is 7.05 Å². The molecule has 5 aliphatic carbocycles. The van der Waals surface area contributed by atoms with E-state index in [0.717, 1.165) is 76.5 Å². The van der Waals surface area contributed by atoms with E-state index in [2.05, 4.69) is 33.0 Å². The molecular formula is C35H57NO7. The SMILES string of the molecule is CCC1CCC2(CC1)OOC1(CC[C@@]3(C)[C@H](CC[C@@H]4[C@@H]3C[C@H](OC(C)=O)[C@]3(C)[C@@H]([C@H](C)CCC(=O)NC)CC[C@@H]43)C1)OO2. The molecular weight excluding hydrogens is 546 g/mol. The second-order valence-electron chi connectivity index (χ2n) is 15.9. The first kappa shape index (κ1) is 31.7. The van der Waals surface area contributed by atoms with Crippen LogP contribution in [0.1, 0.15) is 131 Å². The molecule has 2 spiro atoms. The Morgan fingerprint density at radius 2 is 1.60 bits per heavy atom. The van der Waals surface area contributed by atoms with E-state index < -0.39 is 11.6 Å². The average molecular weight is 604 g/mol. The summed E-state index contributed by atoms with van der Waals surface area (Å²) in [7, 11) is 1.71. The third-order valence-corrected chi connectivity index (χ3v) is 14.0. The Hall–Kier alpha value is -1.22. The zero-order chi connectivity index (χ0) is 30.6. The number of rotatable bonds is 6. The summed E-state index contributed by atoms with van der Waals surface area (Å²) in [5.74, 6) is 2.02. The minimum absolute atomic E-state index is 0.0591. The van der Waals surface area contributed by atoms with Gasteiger partial charge in [-0.1, -0.05) is 34.1 Å². The van der Waals surface area contributed by atoms with Crippen LogP contribution in [0.5, 0.6) is 0 Å². The Balaban J connectivity index is 1.17. The van der Waals surface area contributed by atoms with Crippen molar-refractivity contribution in [1.29, 1.82) is 0 Å². The van der Waals surface area contributed by atoms with Crippen molar-refractivity contribution in [2.24, 2.45) is 52.3 Å². The van der Waals surface area contributed by atoms with Crippen molar-refractivity contribution in [3.8, 4) is 0 Å². The standard InChI is InChI=1S/C35H57NO7/c1-7-24-14-16-34(17-15-24)40-42-35(43-41-34)19-18-32(4)25(21-35)9-10-26-28-12-11-27(22(2)8-13-31(38)36-6)33(28,5)30(20-29(26)32)39-23(3)37/h22,24-30H,7-21H2,1-6H3,(H,36,38)/t22-,24?,25-,26+,27-,28+,29+,30+,32+,33-,34?,35?/m1/s1. The van der Waals surface area contributed by atoms with E-state index in [1.165, 1.54) is 19.3 Å². The number of hydrogen-bond donors (Lipinski definition) is 1. The van der Waals surface area contributed by atoms with Gasteiger partial charge < -0.3 is 10.1 Å². The Morgan fingerprint density at radius 3 is 2.26 bits per heavy atom. The molecule has 0 radical (unpaired) electrons. The number of amides is 1. The monoisotopic (exact) mass is 603 g/mol. The quantitative estimate of drug-likeness (QED) is 0.252. The topological polar surface area (TPSA) is 92.3 Å². The van der Waals surface area contributed by atoms with Crippen molar-refractivity contribution in [1.82, 2.24) is 5.32 Å². The van der Waals surface area contributed by atoms with Gasteiger partial charge in [0.2, 0.25) is 17.5 Å². The molecule has 0 unspecified atom stereocenters. The fourth-order valence-electron chi connectivity index (χ4n) is 11.3. The van der Waals surface area contributed by atoms with Crippen LogP contribution in [0.25, 0.3) is 0 Å². The minimum atomic E-state index is -0.832. The summed E-state index contributed by atoms with van der Waals surface area (Å²) < 4.78 is 6.29. The molecule has 0 aromatic heterocycles. The first-order valence-corrected chi connectivity index (χ1v) is 17.6. The number of ether oxygens (including phenoxy) is 1. The lowest BCUT2D eigenvalue weighted by Crippen LogP contribution is -2.62. The molecule has 1 N–H and O–H groups in total. The Kier molecular flexibility index (Phi) is 8.75. The highest BCUT2D eigenvalue weighted by Gasteiger charge is 2.67. The number of esters is 1. The maximum Gasteiger partial charge on any atom is 0.302 e. The summed E-state index contributed by atoms with van der Waals surface area (Å²) in [6.07, 6.45) is 14.4. The molecule has 1 amide bonds. The second-order valence-corrected chi connectivity index (χ2v) is 15.9. The van der Waals surface area contributed by atoms with Crippen molar-refractivity contribution in [3.05, 3.63) is 0 Å². The van der Waals surface area contributed by atoms with Gasteiger partial charge in [0.15, 0.2) is 0 Å². The minimum Gasteiger partial charge on any atom is -0.462 e. The van der Waals surface area contributed by atoms with Gasteiger partial charge in [-0.2, -0.15) is 19.6 Å². The van der Waals surface area contributed by atoms with Gasteiger partial charge in [0.25, 0.3) is 0 Å². The fourth-order valence-corrected chi connectivity index (χ4v) is 11.3. The summed E-state index contributed by atoms with van der Waals surface area (Å²) in [5, 5.41) is 2.78. The summed E-state index contributed by atoms with van der Waals surface area (Å²) in [6, 6.07) is 0. The lowest BCUT2D eigenvalue weighted by atomic mass is 9.43. The molecule has 6 aliphatic rings. The van der Waals surface area contributed by atoms with Gasteiger partial charge in [0, 0.05) is 51.5 Å². The van der Waals surface area contributed by atoms with Crippen molar-refractivity contribution in [2.45, 2.75) is 149 Å². The van der Waals surface area contributed by atoms with E-state index in [0.29, 0.717) is 41.9 Å². The molecule has 6 rings (SSSR count). The van der Waals surface area contributed by atoms with Crippen molar-refractivity contribution < 1.29 is 33.9 Å². The molecule has 8 nitrogen and oxygen atoms in total. The number of fused-ring (bicyclic) bond motifs is 5. The lowest BCUT2D eigenvalue weighted by molar-refractivity contribution is -0.665. The summed E-state index contributed by atoms with van der Waals surface area (Å²) >= 11 is 0. The van der Waals surface area contributed by atoms with Crippen LogP contribution in [-0.2, 0) is 33.9 Å². The van der Waals surface area contributed by atoms with Crippen LogP contribution >= 0.6 is 0 Å². The summed E-state index contributed by atoms with van der Waals surface area (Å²) in [4.78, 5) is 49.2. The van der Waals surface area contributed by atoms with E-state index in [4.69, 9.17) is 24.3 Å². The molecule has 6 fully saturated rings. The first-order chi connectivity index (χ1) is 20.5. The van der Waals surface area contributed by atoms with Gasteiger partial charge in [-0.25, -0.2) is 0 Å². The van der Waals surface area contributed by atoms with Crippen LogP contribution in [0.3, 0.4) is 0 Å². The first-order valence-electron chi connectivity index (χ1n) is 17.6. The molecule has 8 heteroatoms. The van der Waals surface area contributed by atoms with Crippen LogP contribution in [0.2, 0.25) is 0 Å². The molecule has 1 saturated heterocycles.